The zero-order valence-corrected chi connectivity index (χ0v) is 16.1. The molecule has 1 aromatic carbocycles. The van der Waals surface area contributed by atoms with E-state index in [9.17, 15) is 14.0 Å². The summed E-state index contributed by atoms with van der Waals surface area (Å²) in [4.78, 5) is 28.3. The van der Waals surface area contributed by atoms with Gasteiger partial charge < -0.3 is 10.6 Å². The summed E-state index contributed by atoms with van der Waals surface area (Å²) >= 11 is 0. The molecule has 0 aromatic heterocycles. The second-order valence-corrected chi connectivity index (χ2v) is 7.92. The predicted octanol–water partition coefficient (Wildman–Crippen LogP) is 1.60. The molecule has 0 spiro atoms. The number of nitrogens with zero attached hydrogens (tertiary/aromatic N) is 2. The molecule has 1 heterocycles. The van der Waals surface area contributed by atoms with E-state index >= 15 is 0 Å². The summed E-state index contributed by atoms with van der Waals surface area (Å²) in [6, 6.07) is 4.48. The average Bonchev–Trinajstić information content (AvgIpc) is 2.46. The number of piperazine rings is 1. The van der Waals surface area contributed by atoms with Crippen LogP contribution in [0.1, 0.15) is 26.3 Å². The van der Waals surface area contributed by atoms with E-state index in [-0.39, 0.29) is 29.7 Å². The molecule has 0 unspecified atom stereocenters. The highest BCUT2D eigenvalue weighted by Crippen LogP contribution is 2.13. The van der Waals surface area contributed by atoms with E-state index in [1.54, 1.807) is 13.0 Å². The molecule has 1 aliphatic rings. The van der Waals surface area contributed by atoms with Crippen molar-refractivity contribution < 1.29 is 14.0 Å². The van der Waals surface area contributed by atoms with Crippen molar-refractivity contribution in [2.45, 2.75) is 33.2 Å². The van der Waals surface area contributed by atoms with Gasteiger partial charge in [-0.1, -0.05) is 0 Å². The second kappa shape index (κ2) is 8.60. The number of hydrogen-bond acceptors (Lipinski definition) is 4. The minimum atomic E-state index is -0.359. The molecule has 1 aromatic rings. The summed E-state index contributed by atoms with van der Waals surface area (Å²) in [5.74, 6) is -0.499. The number of rotatable bonds is 5. The zero-order valence-electron chi connectivity index (χ0n) is 16.1. The third-order valence-corrected chi connectivity index (χ3v) is 4.04. The van der Waals surface area contributed by atoms with Crippen LogP contribution in [-0.4, -0.2) is 66.4 Å². The highest BCUT2D eigenvalue weighted by Gasteiger charge is 2.22. The van der Waals surface area contributed by atoms with Gasteiger partial charge in [0.05, 0.1) is 13.1 Å². The van der Waals surface area contributed by atoms with Gasteiger partial charge in [0, 0.05) is 37.4 Å². The molecular formula is C19H29FN4O2. The summed E-state index contributed by atoms with van der Waals surface area (Å²) < 4.78 is 13.4. The number of nitrogens with one attached hydrogen (secondary N) is 2. The van der Waals surface area contributed by atoms with Crippen LogP contribution >= 0.6 is 0 Å². The van der Waals surface area contributed by atoms with Gasteiger partial charge in [0.25, 0.3) is 0 Å². The van der Waals surface area contributed by atoms with E-state index in [1.165, 1.54) is 12.1 Å². The third kappa shape index (κ3) is 7.09. The lowest BCUT2D eigenvalue weighted by molar-refractivity contribution is -0.124. The maximum absolute atomic E-state index is 13.4. The third-order valence-electron chi connectivity index (χ3n) is 4.04. The molecule has 7 heteroatoms. The van der Waals surface area contributed by atoms with Crippen molar-refractivity contribution in [3.63, 3.8) is 0 Å². The predicted molar refractivity (Wildman–Crippen MR) is 101 cm³/mol. The van der Waals surface area contributed by atoms with E-state index in [2.05, 4.69) is 15.5 Å². The fourth-order valence-corrected chi connectivity index (χ4v) is 2.98. The van der Waals surface area contributed by atoms with Crippen LogP contribution in [0.3, 0.4) is 0 Å². The molecule has 2 N–H and O–H groups in total. The highest BCUT2D eigenvalue weighted by molar-refractivity contribution is 5.92. The minimum absolute atomic E-state index is 0.0187. The van der Waals surface area contributed by atoms with Gasteiger partial charge in [-0.05, 0) is 51.5 Å². The summed E-state index contributed by atoms with van der Waals surface area (Å²) in [7, 11) is 0. The van der Waals surface area contributed by atoms with E-state index in [4.69, 9.17) is 0 Å². The van der Waals surface area contributed by atoms with Crippen LogP contribution in [0, 0.1) is 12.7 Å². The van der Waals surface area contributed by atoms with Gasteiger partial charge in [-0.3, -0.25) is 19.4 Å². The van der Waals surface area contributed by atoms with E-state index in [0.717, 1.165) is 31.7 Å². The molecule has 0 atom stereocenters. The number of halogens is 1. The van der Waals surface area contributed by atoms with Crippen molar-refractivity contribution in [3.05, 3.63) is 29.6 Å². The molecule has 1 saturated heterocycles. The smallest absolute Gasteiger partial charge is 0.238 e. The topological polar surface area (TPSA) is 64.7 Å². The Labute approximate surface area is 154 Å². The monoisotopic (exact) mass is 364 g/mol. The van der Waals surface area contributed by atoms with Gasteiger partial charge in [-0.25, -0.2) is 4.39 Å². The molecule has 1 aliphatic heterocycles. The van der Waals surface area contributed by atoms with Gasteiger partial charge in [-0.15, -0.1) is 0 Å². The Morgan fingerprint density at radius 1 is 1.00 bits per heavy atom. The molecule has 26 heavy (non-hydrogen) atoms. The lowest BCUT2D eigenvalue weighted by atomic mass is 10.1. The maximum atomic E-state index is 13.4. The normalized spacial score (nSPS) is 16.3. The Kier molecular flexibility index (Phi) is 6.72. The summed E-state index contributed by atoms with van der Waals surface area (Å²) in [6.45, 7) is 11.2. The molecule has 0 aliphatic carbocycles. The van der Waals surface area contributed by atoms with E-state index in [1.807, 2.05) is 25.7 Å². The number of amides is 2. The lowest BCUT2D eigenvalue weighted by Crippen LogP contribution is -2.52. The minimum Gasteiger partial charge on any atom is -0.350 e. The van der Waals surface area contributed by atoms with Gasteiger partial charge >= 0.3 is 0 Å². The van der Waals surface area contributed by atoms with Gasteiger partial charge in [-0.2, -0.15) is 0 Å². The first-order valence-corrected chi connectivity index (χ1v) is 8.93. The first-order chi connectivity index (χ1) is 12.1. The lowest BCUT2D eigenvalue weighted by Gasteiger charge is -2.34. The van der Waals surface area contributed by atoms with Crippen molar-refractivity contribution >= 4 is 17.5 Å². The number of carbonyl (C=O) groups is 2. The van der Waals surface area contributed by atoms with Crippen LogP contribution in [-0.2, 0) is 9.59 Å². The van der Waals surface area contributed by atoms with Crippen LogP contribution in [0.4, 0.5) is 10.1 Å². The zero-order chi connectivity index (χ0) is 19.3. The van der Waals surface area contributed by atoms with Crippen molar-refractivity contribution in [2.75, 3.05) is 44.6 Å². The Hall–Kier alpha value is -1.99. The Balaban J connectivity index is 1.74. The summed E-state index contributed by atoms with van der Waals surface area (Å²) in [6.07, 6.45) is 0. The average molecular weight is 364 g/mol. The largest absolute Gasteiger partial charge is 0.350 e. The van der Waals surface area contributed by atoms with Crippen molar-refractivity contribution in [3.8, 4) is 0 Å². The van der Waals surface area contributed by atoms with Crippen LogP contribution in [0.15, 0.2) is 18.2 Å². The van der Waals surface area contributed by atoms with Crippen LogP contribution in [0.25, 0.3) is 0 Å². The van der Waals surface area contributed by atoms with Gasteiger partial charge in [0.15, 0.2) is 0 Å². The molecular weight excluding hydrogens is 335 g/mol. The second-order valence-electron chi connectivity index (χ2n) is 7.92. The standard InChI is InChI=1S/C19H29FN4O2/c1-14-9-15(20)11-16(10-14)21-17(25)12-23-5-7-24(8-6-23)13-18(26)22-19(2,3)4/h9-11H,5-8,12-13H2,1-4H3,(H,21,25)(H,22,26). The van der Waals surface area contributed by atoms with Gasteiger partial charge in [0.2, 0.25) is 11.8 Å². The Bertz CT molecular complexity index is 629. The summed E-state index contributed by atoms with van der Waals surface area (Å²) in [5, 5.41) is 5.70. The number of anilines is 1. The molecule has 2 rings (SSSR count). The van der Waals surface area contributed by atoms with Crippen molar-refractivity contribution in [1.29, 1.82) is 0 Å². The highest BCUT2D eigenvalue weighted by atomic mass is 19.1. The molecule has 6 nitrogen and oxygen atoms in total. The first-order valence-electron chi connectivity index (χ1n) is 8.93. The van der Waals surface area contributed by atoms with Crippen molar-refractivity contribution in [1.82, 2.24) is 15.1 Å². The van der Waals surface area contributed by atoms with Gasteiger partial charge in [0.1, 0.15) is 5.82 Å². The van der Waals surface area contributed by atoms with Crippen molar-refractivity contribution in [2.24, 2.45) is 0 Å². The molecule has 0 saturated carbocycles. The SMILES string of the molecule is Cc1cc(F)cc(NC(=O)CN2CCN(CC(=O)NC(C)(C)C)CC2)c1. The first kappa shape index (κ1) is 20.3. The van der Waals surface area contributed by atoms with E-state index < -0.39 is 0 Å². The number of carbonyl (C=O) groups excluding carboxylic acids is 2. The Morgan fingerprint density at radius 2 is 1.54 bits per heavy atom. The number of aryl methyl sites for hydroxylation is 1. The maximum Gasteiger partial charge on any atom is 0.238 e. The van der Waals surface area contributed by atoms with Crippen LogP contribution < -0.4 is 10.6 Å². The number of hydrogen-bond donors (Lipinski definition) is 2. The quantitative estimate of drug-likeness (QED) is 0.833. The summed E-state index contributed by atoms with van der Waals surface area (Å²) in [5.41, 5.74) is 1.01. The Morgan fingerprint density at radius 3 is 2.04 bits per heavy atom. The molecule has 144 valence electrons. The van der Waals surface area contributed by atoms with Crippen LogP contribution in [0.5, 0.6) is 0 Å². The fraction of sp³-hybridized carbons (Fsp3) is 0.579. The molecule has 0 bridgehead atoms. The molecule has 1 fully saturated rings. The number of benzene rings is 1. The fourth-order valence-electron chi connectivity index (χ4n) is 2.98. The molecule has 2 amide bonds. The van der Waals surface area contributed by atoms with E-state index in [0.29, 0.717) is 12.2 Å². The van der Waals surface area contributed by atoms with Crippen LogP contribution in [0.2, 0.25) is 0 Å². The molecule has 0 radical (unpaired) electrons.